The molecule has 18 heavy (non-hydrogen) atoms. The normalized spacial score (nSPS) is 21.3. The van der Waals surface area contributed by atoms with Crippen molar-refractivity contribution in [2.24, 2.45) is 0 Å². The van der Waals surface area contributed by atoms with Crippen molar-refractivity contribution in [3.63, 3.8) is 0 Å². The Morgan fingerprint density at radius 3 is 3.17 bits per heavy atom. The molecule has 96 valence electrons. The van der Waals surface area contributed by atoms with Crippen LogP contribution in [0.5, 0.6) is 5.75 Å². The molecule has 2 aromatic heterocycles. The first kappa shape index (κ1) is 11.6. The standard InChI is InChI=1S/C11H13N3O3S/c1-14-3-4-16-8(6-14)10-12-11(17-13-10)9-7(15)2-5-18-9/h2,5,8,15H,3-4,6H2,1H3. The first-order valence-corrected chi connectivity index (χ1v) is 6.52. The molecule has 0 spiro atoms. The lowest BCUT2D eigenvalue weighted by Gasteiger charge is -2.27. The van der Waals surface area contributed by atoms with E-state index >= 15 is 0 Å². The van der Waals surface area contributed by atoms with Gasteiger partial charge in [0.05, 0.1) is 6.61 Å². The van der Waals surface area contributed by atoms with Crippen LogP contribution in [0.3, 0.4) is 0 Å². The second-order valence-electron chi connectivity index (χ2n) is 4.21. The van der Waals surface area contributed by atoms with Crippen molar-refractivity contribution in [1.82, 2.24) is 15.0 Å². The van der Waals surface area contributed by atoms with Crippen molar-refractivity contribution < 1.29 is 14.4 Å². The Morgan fingerprint density at radius 1 is 1.56 bits per heavy atom. The van der Waals surface area contributed by atoms with Gasteiger partial charge in [0, 0.05) is 13.1 Å². The predicted octanol–water partition coefficient (Wildman–Crippen LogP) is 1.51. The molecule has 3 heterocycles. The molecule has 6 nitrogen and oxygen atoms in total. The van der Waals surface area contributed by atoms with Crippen molar-refractivity contribution in [2.45, 2.75) is 6.10 Å². The summed E-state index contributed by atoms with van der Waals surface area (Å²) in [5.74, 6) is 1.04. The number of likely N-dealkylation sites (N-methyl/N-ethyl adjacent to an activating group) is 1. The van der Waals surface area contributed by atoms with Crippen LogP contribution in [-0.2, 0) is 4.74 Å². The molecular weight excluding hydrogens is 254 g/mol. The SMILES string of the molecule is CN1CCOC(c2noc(-c3sccc3O)n2)C1. The Labute approximate surface area is 108 Å². The zero-order valence-corrected chi connectivity index (χ0v) is 10.7. The van der Waals surface area contributed by atoms with Gasteiger partial charge in [0.25, 0.3) is 5.89 Å². The van der Waals surface area contributed by atoms with E-state index in [1.54, 1.807) is 11.4 Å². The molecule has 1 fully saturated rings. The van der Waals surface area contributed by atoms with Gasteiger partial charge in [-0.1, -0.05) is 5.16 Å². The number of hydrogen-bond donors (Lipinski definition) is 1. The molecular formula is C11H13N3O3S. The lowest BCUT2D eigenvalue weighted by molar-refractivity contribution is -0.0264. The summed E-state index contributed by atoms with van der Waals surface area (Å²) in [6.07, 6.45) is -0.164. The fourth-order valence-corrected chi connectivity index (χ4v) is 2.56. The molecule has 1 atom stereocenters. The Kier molecular flexibility index (Phi) is 3.02. The van der Waals surface area contributed by atoms with Gasteiger partial charge in [0.2, 0.25) is 5.82 Å². The fraction of sp³-hybridized carbons (Fsp3) is 0.455. The van der Waals surface area contributed by atoms with Crippen LogP contribution in [0.4, 0.5) is 0 Å². The molecule has 3 rings (SSSR count). The zero-order chi connectivity index (χ0) is 12.5. The zero-order valence-electron chi connectivity index (χ0n) is 9.87. The summed E-state index contributed by atoms with van der Waals surface area (Å²) in [5.41, 5.74) is 0. The van der Waals surface area contributed by atoms with Gasteiger partial charge in [0.1, 0.15) is 16.7 Å². The molecule has 0 bridgehead atoms. The topological polar surface area (TPSA) is 71.6 Å². The number of rotatable bonds is 2. The Hall–Kier alpha value is -1.44. The summed E-state index contributed by atoms with van der Waals surface area (Å²) in [7, 11) is 2.03. The van der Waals surface area contributed by atoms with E-state index in [1.807, 2.05) is 7.05 Å². The van der Waals surface area contributed by atoms with Gasteiger partial charge in [-0.05, 0) is 18.5 Å². The minimum atomic E-state index is -0.164. The van der Waals surface area contributed by atoms with Crippen molar-refractivity contribution >= 4 is 11.3 Å². The van der Waals surface area contributed by atoms with Crippen molar-refractivity contribution in [3.8, 4) is 16.5 Å². The van der Waals surface area contributed by atoms with Crippen LogP contribution in [0.15, 0.2) is 16.0 Å². The highest BCUT2D eigenvalue weighted by Crippen LogP contribution is 2.34. The highest BCUT2D eigenvalue weighted by atomic mass is 32.1. The monoisotopic (exact) mass is 267 g/mol. The summed E-state index contributed by atoms with van der Waals surface area (Å²) in [6.45, 7) is 2.32. The number of thiophene rings is 1. The smallest absolute Gasteiger partial charge is 0.271 e. The Morgan fingerprint density at radius 2 is 2.44 bits per heavy atom. The highest BCUT2D eigenvalue weighted by Gasteiger charge is 2.25. The number of morpholine rings is 1. The van der Waals surface area contributed by atoms with Crippen molar-refractivity contribution in [2.75, 3.05) is 26.7 Å². The van der Waals surface area contributed by atoms with E-state index in [0.29, 0.717) is 23.2 Å². The molecule has 1 unspecified atom stereocenters. The van der Waals surface area contributed by atoms with Gasteiger partial charge in [-0.2, -0.15) is 4.98 Å². The van der Waals surface area contributed by atoms with Crippen LogP contribution in [0.1, 0.15) is 11.9 Å². The Bertz CT molecular complexity index is 539. The molecule has 0 amide bonds. The van der Waals surface area contributed by atoms with Gasteiger partial charge in [-0.3, -0.25) is 0 Å². The molecule has 7 heteroatoms. The maximum absolute atomic E-state index is 9.61. The van der Waals surface area contributed by atoms with E-state index < -0.39 is 0 Å². The molecule has 0 aromatic carbocycles. The third-order valence-electron chi connectivity index (χ3n) is 2.84. The third-order valence-corrected chi connectivity index (χ3v) is 3.73. The van der Waals surface area contributed by atoms with E-state index in [2.05, 4.69) is 15.0 Å². The fourth-order valence-electron chi connectivity index (χ4n) is 1.85. The van der Waals surface area contributed by atoms with E-state index in [0.717, 1.165) is 13.1 Å². The number of nitrogens with zero attached hydrogens (tertiary/aromatic N) is 3. The van der Waals surface area contributed by atoms with Gasteiger partial charge >= 0.3 is 0 Å². The van der Waals surface area contributed by atoms with Crippen LogP contribution in [-0.4, -0.2) is 46.9 Å². The molecule has 1 aliphatic rings. The van der Waals surface area contributed by atoms with Gasteiger partial charge in [-0.25, -0.2) is 0 Å². The lowest BCUT2D eigenvalue weighted by atomic mass is 10.3. The number of aromatic hydroxyl groups is 1. The van der Waals surface area contributed by atoms with Crippen LogP contribution in [0.25, 0.3) is 10.8 Å². The average Bonchev–Trinajstić information content (AvgIpc) is 2.97. The third kappa shape index (κ3) is 2.12. The van der Waals surface area contributed by atoms with Crippen LogP contribution >= 0.6 is 11.3 Å². The van der Waals surface area contributed by atoms with Crippen LogP contribution < -0.4 is 0 Å². The summed E-state index contributed by atoms with van der Waals surface area (Å²) >= 11 is 1.37. The van der Waals surface area contributed by atoms with Crippen molar-refractivity contribution in [3.05, 3.63) is 17.3 Å². The molecule has 0 aliphatic carbocycles. The minimum absolute atomic E-state index is 0.164. The maximum Gasteiger partial charge on any atom is 0.271 e. The average molecular weight is 267 g/mol. The van der Waals surface area contributed by atoms with Crippen LogP contribution in [0, 0.1) is 0 Å². The van der Waals surface area contributed by atoms with Gasteiger partial charge in [-0.15, -0.1) is 11.3 Å². The highest BCUT2D eigenvalue weighted by molar-refractivity contribution is 7.13. The maximum atomic E-state index is 9.61. The van der Waals surface area contributed by atoms with Gasteiger partial charge < -0.3 is 19.3 Å². The quantitative estimate of drug-likeness (QED) is 0.889. The Balaban J connectivity index is 1.83. The molecule has 1 N–H and O–H groups in total. The molecule has 0 radical (unpaired) electrons. The summed E-state index contributed by atoms with van der Waals surface area (Å²) in [4.78, 5) is 7.05. The minimum Gasteiger partial charge on any atom is -0.506 e. The molecule has 1 aliphatic heterocycles. The van der Waals surface area contributed by atoms with Crippen LogP contribution in [0.2, 0.25) is 0 Å². The lowest BCUT2D eigenvalue weighted by Crippen LogP contribution is -2.35. The molecule has 2 aromatic rings. The number of ether oxygens (including phenoxy) is 1. The van der Waals surface area contributed by atoms with E-state index in [-0.39, 0.29) is 11.9 Å². The summed E-state index contributed by atoms with van der Waals surface area (Å²) < 4.78 is 10.8. The summed E-state index contributed by atoms with van der Waals surface area (Å²) in [5, 5.41) is 15.3. The molecule has 0 saturated carbocycles. The van der Waals surface area contributed by atoms with Gasteiger partial charge in [0.15, 0.2) is 0 Å². The van der Waals surface area contributed by atoms with E-state index in [4.69, 9.17) is 9.26 Å². The first-order valence-electron chi connectivity index (χ1n) is 5.64. The largest absolute Gasteiger partial charge is 0.506 e. The van der Waals surface area contributed by atoms with Crippen molar-refractivity contribution in [1.29, 1.82) is 0 Å². The summed E-state index contributed by atoms with van der Waals surface area (Å²) in [6, 6.07) is 1.61. The van der Waals surface area contributed by atoms with E-state index in [1.165, 1.54) is 11.3 Å². The second-order valence-corrected chi connectivity index (χ2v) is 5.13. The predicted molar refractivity (Wildman–Crippen MR) is 65.5 cm³/mol. The number of aromatic nitrogens is 2. The second kappa shape index (κ2) is 4.68. The first-order chi connectivity index (χ1) is 8.74. The molecule has 1 saturated heterocycles. The number of hydrogen-bond acceptors (Lipinski definition) is 7. The van der Waals surface area contributed by atoms with E-state index in [9.17, 15) is 5.11 Å².